The molecule has 0 bridgehead atoms. The van der Waals surface area contributed by atoms with Crippen LogP contribution >= 0.6 is 0 Å². The number of phenolic OH excluding ortho intramolecular Hbond substituents is 1. The molecule has 0 atom stereocenters. The number of phenols is 1. The van der Waals surface area contributed by atoms with Gasteiger partial charge in [0.1, 0.15) is 5.75 Å². The second-order valence-corrected chi connectivity index (χ2v) is 15.7. The molecule has 0 aliphatic carbocycles. The van der Waals surface area contributed by atoms with Gasteiger partial charge >= 0.3 is 0 Å². The van der Waals surface area contributed by atoms with Gasteiger partial charge in [-0.15, -0.1) is 0 Å². The molecule has 0 aliphatic heterocycles. The van der Waals surface area contributed by atoms with Crippen molar-refractivity contribution in [1.29, 1.82) is 0 Å². The average Bonchev–Trinajstić information content (AvgIpc) is 2.38. The van der Waals surface area contributed by atoms with Crippen LogP contribution in [0.25, 0.3) is 0 Å². The van der Waals surface area contributed by atoms with Crippen molar-refractivity contribution in [3.63, 3.8) is 0 Å². The van der Waals surface area contributed by atoms with Crippen molar-refractivity contribution in [2.45, 2.75) is 139 Å². The van der Waals surface area contributed by atoms with Crippen molar-refractivity contribution >= 4 is 0 Å². The van der Waals surface area contributed by atoms with Crippen molar-refractivity contribution in [3.8, 4) is 5.75 Å². The van der Waals surface area contributed by atoms with E-state index in [1.807, 2.05) is 6.07 Å². The fourth-order valence-corrected chi connectivity index (χ4v) is 6.79. The van der Waals surface area contributed by atoms with Gasteiger partial charge in [0.15, 0.2) is 0 Å². The number of benzene rings is 1. The van der Waals surface area contributed by atoms with E-state index in [0.29, 0.717) is 5.75 Å². The van der Waals surface area contributed by atoms with Gasteiger partial charge in [0, 0.05) is 5.56 Å². The van der Waals surface area contributed by atoms with Gasteiger partial charge in [-0.1, -0.05) is 110 Å². The van der Waals surface area contributed by atoms with Gasteiger partial charge in [-0.25, -0.2) is 0 Å². The lowest BCUT2D eigenvalue weighted by atomic mass is 9.60. The SMILES string of the molecule is CC(C)(C)CC(C)(C)c1ccc(O)c(C(C)(C)CC(C)(C)C)c1C(C)(C)CC(C)(C)C. The molecule has 0 radical (unpaired) electrons. The zero-order valence-electron chi connectivity index (χ0n) is 23.7. The van der Waals surface area contributed by atoms with Crippen LogP contribution in [0.5, 0.6) is 5.75 Å². The third-order valence-electron chi connectivity index (χ3n) is 6.18. The highest BCUT2D eigenvalue weighted by Gasteiger charge is 2.42. The summed E-state index contributed by atoms with van der Waals surface area (Å²) in [5, 5.41) is 11.3. The fraction of sp³-hybridized carbons (Fsp3) is 0.800. The Hall–Kier alpha value is -0.980. The molecule has 1 aromatic carbocycles. The molecule has 0 heterocycles. The van der Waals surface area contributed by atoms with Crippen molar-refractivity contribution in [3.05, 3.63) is 28.8 Å². The molecule has 1 N–H and O–H groups in total. The Morgan fingerprint density at radius 2 is 0.806 bits per heavy atom. The minimum atomic E-state index is -0.124. The monoisotopic (exact) mass is 430 g/mol. The Labute approximate surface area is 195 Å². The van der Waals surface area contributed by atoms with E-state index in [4.69, 9.17) is 0 Å². The van der Waals surface area contributed by atoms with Crippen LogP contribution in [0.4, 0.5) is 0 Å². The first kappa shape index (κ1) is 28.1. The lowest BCUT2D eigenvalue weighted by Gasteiger charge is -2.44. The predicted octanol–water partition coefficient (Wildman–Crippen LogP) is 9.53. The van der Waals surface area contributed by atoms with Crippen molar-refractivity contribution in [2.24, 2.45) is 16.2 Å². The first-order chi connectivity index (χ1) is 13.4. The molecule has 1 aromatic rings. The Kier molecular flexibility index (Phi) is 7.62. The van der Waals surface area contributed by atoms with E-state index in [1.165, 1.54) is 11.1 Å². The van der Waals surface area contributed by atoms with Crippen LogP contribution in [-0.4, -0.2) is 5.11 Å². The summed E-state index contributed by atoms with van der Waals surface area (Å²) >= 11 is 0. The van der Waals surface area contributed by atoms with Crippen LogP contribution < -0.4 is 0 Å². The van der Waals surface area contributed by atoms with Crippen LogP contribution in [0.1, 0.15) is 140 Å². The van der Waals surface area contributed by atoms with E-state index >= 15 is 0 Å². The second-order valence-electron chi connectivity index (χ2n) is 15.7. The maximum atomic E-state index is 11.3. The predicted molar refractivity (Wildman–Crippen MR) is 139 cm³/mol. The molecule has 0 amide bonds. The quantitative estimate of drug-likeness (QED) is 0.476. The molecule has 1 nitrogen and oxygen atoms in total. The van der Waals surface area contributed by atoms with Crippen molar-refractivity contribution < 1.29 is 5.11 Å². The largest absolute Gasteiger partial charge is 0.508 e. The van der Waals surface area contributed by atoms with Gasteiger partial charge in [0.25, 0.3) is 0 Å². The van der Waals surface area contributed by atoms with Gasteiger partial charge in [-0.05, 0) is 68.9 Å². The molecular weight excluding hydrogens is 376 g/mol. The van der Waals surface area contributed by atoms with Crippen LogP contribution in [0.3, 0.4) is 0 Å². The molecule has 1 heteroatoms. The zero-order chi connectivity index (χ0) is 24.8. The zero-order valence-corrected chi connectivity index (χ0v) is 23.7. The lowest BCUT2D eigenvalue weighted by molar-refractivity contribution is 0.249. The molecule has 0 saturated heterocycles. The lowest BCUT2D eigenvalue weighted by Crippen LogP contribution is -2.36. The molecule has 0 aliphatic rings. The third kappa shape index (κ3) is 7.83. The number of hydrogen-bond acceptors (Lipinski definition) is 1. The van der Waals surface area contributed by atoms with Gasteiger partial charge in [-0.3, -0.25) is 0 Å². The van der Waals surface area contributed by atoms with E-state index in [9.17, 15) is 5.11 Å². The molecule has 180 valence electrons. The maximum Gasteiger partial charge on any atom is 0.119 e. The Balaban J connectivity index is 3.99. The summed E-state index contributed by atoms with van der Waals surface area (Å²) in [5.41, 5.74) is 4.40. The van der Waals surface area contributed by atoms with Crippen LogP contribution in [0, 0.1) is 16.2 Å². The van der Waals surface area contributed by atoms with Crippen molar-refractivity contribution in [1.82, 2.24) is 0 Å². The average molecular weight is 431 g/mol. The molecule has 0 aromatic heterocycles. The third-order valence-corrected chi connectivity index (χ3v) is 6.18. The van der Waals surface area contributed by atoms with Crippen LogP contribution in [-0.2, 0) is 16.2 Å². The number of aromatic hydroxyl groups is 1. The summed E-state index contributed by atoms with van der Waals surface area (Å²) in [6.45, 7) is 35.1. The first-order valence-corrected chi connectivity index (χ1v) is 12.3. The summed E-state index contributed by atoms with van der Waals surface area (Å²) in [5.74, 6) is 0.460. The van der Waals surface area contributed by atoms with Gasteiger partial charge < -0.3 is 5.11 Å². The van der Waals surface area contributed by atoms with Gasteiger partial charge in [-0.2, -0.15) is 0 Å². The summed E-state index contributed by atoms with van der Waals surface area (Å²) in [7, 11) is 0. The van der Waals surface area contributed by atoms with E-state index < -0.39 is 0 Å². The molecular formula is C30H54O. The van der Waals surface area contributed by atoms with Crippen LogP contribution in [0.15, 0.2) is 12.1 Å². The maximum absolute atomic E-state index is 11.3. The highest BCUT2D eigenvalue weighted by Crippen LogP contribution is 2.52. The first-order valence-electron chi connectivity index (χ1n) is 12.3. The summed E-state index contributed by atoms with van der Waals surface area (Å²) < 4.78 is 0. The van der Waals surface area contributed by atoms with Gasteiger partial charge in [0.2, 0.25) is 0 Å². The smallest absolute Gasteiger partial charge is 0.119 e. The minimum Gasteiger partial charge on any atom is -0.508 e. The van der Waals surface area contributed by atoms with Crippen molar-refractivity contribution in [2.75, 3.05) is 0 Å². The number of rotatable bonds is 6. The highest BCUT2D eigenvalue weighted by molar-refractivity contribution is 5.54. The van der Waals surface area contributed by atoms with E-state index in [1.54, 1.807) is 0 Å². The Morgan fingerprint density at radius 3 is 1.16 bits per heavy atom. The van der Waals surface area contributed by atoms with E-state index in [0.717, 1.165) is 24.8 Å². The fourth-order valence-electron chi connectivity index (χ4n) is 6.79. The minimum absolute atomic E-state index is 0.0169. The normalized spacial score (nSPS) is 14.8. The van der Waals surface area contributed by atoms with Gasteiger partial charge in [0.05, 0.1) is 0 Å². The van der Waals surface area contributed by atoms with Crippen LogP contribution in [0.2, 0.25) is 0 Å². The standard InChI is InChI=1S/C30H54O/c1-25(2,3)18-28(10,11)21-16-17-22(31)24(30(14,15)20-27(7,8)9)23(21)29(12,13)19-26(4,5)6/h16-17,31H,18-20H2,1-15H3. The molecule has 31 heavy (non-hydrogen) atoms. The number of hydrogen-bond donors (Lipinski definition) is 1. The molecule has 0 spiro atoms. The Morgan fingerprint density at radius 1 is 0.484 bits per heavy atom. The molecule has 0 unspecified atom stereocenters. The second kappa shape index (κ2) is 8.42. The van der Waals surface area contributed by atoms with E-state index in [-0.39, 0.29) is 32.5 Å². The molecule has 0 fully saturated rings. The Bertz CT molecular complexity index is 755. The summed E-state index contributed by atoms with van der Waals surface area (Å²) in [6, 6.07) is 4.19. The molecule has 1 rings (SSSR count). The van der Waals surface area contributed by atoms with E-state index in [2.05, 4.69) is 110 Å². The molecule has 0 saturated carbocycles. The summed E-state index contributed by atoms with van der Waals surface area (Å²) in [4.78, 5) is 0. The topological polar surface area (TPSA) is 20.2 Å². The highest BCUT2D eigenvalue weighted by atomic mass is 16.3. The summed E-state index contributed by atoms with van der Waals surface area (Å²) in [6.07, 6.45) is 3.19.